The smallest absolute Gasteiger partial charge is 0.341 e. The van der Waals surface area contributed by atoms with Crippen LogP contribution in [-0.2, 0) is 29.4 Å². The topological polar surface area (TPSA) is 73.2 Å². The third kappa shape index (κ3) is 3.41. The van der Waals surface area contributed by atoms with Crippen molar-refractivity contribution < 1.29 is 14.3 Å². The molecule has 0 fully saturated rings. The predicted octanol–water partition coefficient (Wildman–Crippen LogP) is 2.80. The zero-order valence-electron chi connectivity index (χ0n) is 13.7. The van der Waals surface area contributed by atoms with E-state index in [0.29, 0.717) is 17.2 Å². The first kappa shape index (κ1) is 16.4. The van der Waals surface area contributed by atoms with Gasteiger partial charge in [-0.15, -0.1) is 11.3 Å². The normalized spacial score (nSPS) is 13.2. The molecule has 0 saturated carbocycles. The fourth-order valence-electron chi connectivity index (χ4n) is 2.76. The van der Waals surface area contributed by atoms with E-state index in [-0.39, 0.29) is 11.9 Å². The maximum atomic E-state index is 12.3. The summed E-state index contributed by atoms with van der Waals surface area (Å²) in [6.07, 6.45) is 9.48. The largest absolute Gasteiger partial charge is 0.462 e. The summed E-state index contributed by atoms with van der Waals surface area (Å²) in [5.74, 6) is -0.632. The number of ether oxygens (including phenoxy) is 1. The SMILES string of the molecule is CCOC(=O)c1c(NC(=O)/C=C\c2cnn(C)c2)sc2c1CCC2. The van der Waals surface area contributed by atoms with Crippen LogP contribution in [0.2, 0.25) is 0 Å². The van der Waals surface area contributed by atoms with Crippen molar-refractivity contribution in [2.45, 2.75) is 26.2 Å². The highest BCUT2D eigenvalue weighted by Crippen LogP contribution is 2.39. The average molecular weight is 345 g/mol. The number of thiophene rings is 1. The third-order valence-electron chi connectivity index (χ3n) is 3.79. The van der Waals surface area contributed by atoms with Gasteiger partial charge in [-0.25, -0.2) is 4.79 Å². The zero-order valence-corrected chi connectivity index (χ0v) is 14.5. The predicted molar refractivity (Wildman–Crippen MR) is 93.2 cm³/mol. The molecule has 24 heavy (non-hydrogen) atoms. The van der Waals surface area contributed by atoms with Gasteiger partial charge in [0.05, 0.1) is 18.4 Å². The molecule has 0 radical (unpaired) electrons. The highest BCUT2D eigenvalue weighted by atomic mass is 32.1. The van der Waals surface area contributed by atoms with E-state index in [1.807, 2.05) is 13.2 Å². The van der Waals surface area contributed by atoms with Gasteiger partial charge in [0.25, 0.3) is 0 Å². The zero-order chi connectivity index (χ0) is 17.1. The van der Waals surface area contributed by atoms with Crippen molar-refractivity contribution in [2.24, 2.45) is 7.05 Å². The molecule has 0 unspecified atom stereocenters. The molecule has 1 aliphatic rings. The van der Waals surface area contributed by atoms with E-state index in [0.717, 1.165) is 30.4 Å². The van der Waals surface area contributed by atoms with Crippen LogP contribution in [0, 0.1) is 0 Å². The van der Waals surface area contributed by atoms with Crippen LogP contribution < -0.4 is 5.32 Å². The van der Waals surface area contributed by atoms with Crippen molar-refractivity contribution in [3.8, 4) is 0 Å². The van der Waals surface area contributed by atoms with E-state index >= 15 is 0 Å². The summed E-state index contributed by atoms with van der Waals surface area (Å²) in [5, 5.41) is 7.45. The highest BCUT2D eigenvalue weighted by molar-refractivity contribution is 7.17. The molecule has 0 spiro atoms. The lowest BCUT2D eigenvalue weighted by atomic mass is 10.1. The fraction of sp³-hybridized carbons (Fsp3) is 0.353. The summed E-state index contributed by atoms with van der Waals surface area (Å²) in [7, 11) is 1.82. The molecule has 126 valence electrons. The Bertz CT molecular complexity index is 804. The number of aryl methyl sites for hydroxylation is 2. The Balaban J connectivity index is 1.78. The number of amides is 1. The maximum Gasteiger partial charge on any atom is 0.341 e. The molecule has 1 aliphatic carbocycles. The average Bonchev–Trinajstić information content (AvgIpc) is 3.21. The Morgan fingerprint density at radius 3 is 3.00 bits per heavy atom. The molecule has 2 heterocycles. The first-order valence-corrected chi connectivity index (χ1v) is 8.69. The van der Waals surface area contributed by atoms with Gasteiger partial charge in [0.2, 0.25) is 5.91 Å². The van der Waals surface area contributed by atoms with Crippen molar-refractivity contribution in [1.29, 1.82) is 0 Å². The Morgan fingerprint density at radius 1 is 1.46 bits per heavy atom. The Hall–Kier alpha value is -2.41. The number of fused-ring (bicyclic) bond motifs is 1. The van der Waals surface area contributed by atoms with Crippen molar-refractivity contribution in [2.75, 3.05) is 11.9 Å². The Labute approximate surface area is 144 Å². The maximum absolute atomic E-state index is 12.3. The van der Waals surface area contributed by atoms with Crippen LogP contribution in [0.1, 0.15) is 39.7 Å². The van der Waals surface area contributed by atoms with Gasteiger partial charge in [-0.1, -0.05) is 0 Å². The molecule has 0 saturated heterocycles. The minimum Gasteiger partial charge on any atom is -0.462 e. The summed E-state index contributed by atoms with van der Waals surface area (Å²) in [6.45, 7) is 2.09. The summed E-state index contributed by atoms with van der Waals surface area (Å²) in [6, 6.07) is 0. The lowest BCUT2D eigenvalue weighted by molar-refractivity contribution is -0.111. The quantitative estimate of drug-likeness (QED) is 0.668. The molecule has 0 bridgehead atoms. The summed E-state index contributed by atoms with van der Waals surface area (Å²) >= 11 is 1.47. The molecule has 0 aliphatic heterocycles. The van der Waals surface area contributed by atoms with Gasteiger partial charge in [-0.2, -0.15) is 5.10 Å². The molecule has 0 atom stereocenters. The lowest BCUT2D eigenvalue weighted by Gasteiger charge is -2.06. The van der Waals surface area contributed by atoms with E-state index in [9.17, 15) is 9.59 Å². The van der Waals surface area contributed by atoms with Gasteiger partial charge >= 0.3 is 5.97 Å². The molecular formula is C17H19N3O3S. The number of hydrogen-bond acceptors (Lipinski definition) is 5. The first-order chi connectivity index (χ1) is 11.6. The Kier molecular flexibility index (Phi) is 4.80. The third-order valence-corrected chi connectivity index (χ3v) is 5.00. The monoisotopic (exact) mass is 345 g/mol. The van der Waals surface area contributed by atoms with Crippen LogP contribution in [0.3, 0.4) is 0 Å². The Morgan fingerprint density at radius 2 is 2.29 bits per heavy atom. The lowest BCUT2D eigenvalue weighted by Crippen LogP contribution is -2.13. The van der Waals surface area contributed by atoms with Gasteiger partial charge in [-0.3, -0.25) is 9.48 Å². The minimum atomic E-state index is -0.358. The molecule has 6 nitrogen and oxygen atoms in total. The number of rotatable bonds is 5. The van der Waals surface area contributed by atoms with Gasteiger partial charge in [-0.05, 0) is 37.8 Å². The second-order valence-electron chi connectivity index (χ2n) is 5.55. The molecule has 1 N–H and O–H groups in total. The van der Waals surface area contributed by atoms with Crippen LogP contribution in [0.4, 0.5) is 5.00 Å². The number of esters is 1. The molecule has 1 amide bonds. The number of aromatic nitrogens is 2. The molecule has 7 heteroatoms. The van der Waals surface area contributed by atoms with E-state index < -0.39 is 0 Å². The second kappa shape index (κ2) is 7.00. The van der Waals surface area contributed by atoms with Crippen LogP contribution in [0.25, 0.3) is 6.08 Å². The number of nitrogens with one attached hydrogen (secondary N) is 1. The van der Waals surface area contributed by atoms with Crippen LogP contribution >= 0.6 is 11.3 Å². The molecule has 3 rings (SSSR count). The first-order valence-electron chi connectivity index (χ1n) is 7.88. The van der Waals surface area contributed by atoms with Crippen LogP contribution in [0.15, 0.2) is 18.5 Å². The van der Waals surface area contributed by atoms with Crippen LogP contribution in [0.5, 0.6) is 0 Å². The summed E-state index contributed by atoms with van der Waals surface area (Å²) in [5.41, 5.74) is 2.40. The van der Waals surface area contributed by atoms with E-state index in [1.165, 1.54) is 22.3 Å². The number of carbonyl (C=O) groups is 2. The number of hydrogen-bond donors (Lipinski definition) is 1. The van der Waals surface area contributed by atoms with Crippen molar-refractivity contribution >= 4 is 34.3 Å². The van der Waals surface area contributed by atoms with Crippen molar-refractivity contribution in [3.05, 3.63) is 40.0 Å². The highest BCUT2D eigenvalue weighted by Gasteiger charge is 2.27. The van der Waals surface area contributed by atoms with Gasteiger partial charge in [0.1, 0.15) is 5.00 Å². The van der Waals surface area contributed by atoms with Crippen LogP contribution in [-0.4, -0.2) is 28.3 Å². The van der Waals surface area contributed by atoms with E-state index in [4.69, 9.17) is 4.74 Å². The van der Waals surface area contributed by atoms with E-state index in [2.05, 4.69) is 10.4 Å². The standard InChI is InChI=1S/C17H19N3O3S/c1-3-23-17(22)15-12-5-4-6-13(12)24-16(15)19-14(21)8-7-11-9-18-20(2)10-11/h7-10H,3-6H2,1-2H3,(H,19,21)/b8-7-. The second-order valence-corrected chi connectivity index (χ2v) is 6.66. The van der Waals surface area contributed by atoms with E-state index in [1.54, 1.807) is 23.9 Å². The minimum absolute atomic E-state index is 0.274. The molecule has 2 aromatic rings. The fourth-order valence-corrected chi connectivity index (χ4v) is 4.04. The molecule has 2 aromatic heterocycles. The number of anilines is 1. The van der Waals surface area contributed by atoms with Gasteiger partial charge in [0.15, 0.2) is 0 Å². The summed E-state index contributed by atoms with van der Waals surface area (Å²) in [4.78, 5) is 25.6. The molecular weight excluding hydrogens is 326 g/mol. The van der Waals surface area contributed by atoms with Gasteiger partial charge < -0.3 is 10.1 Å². The number of nitrogens with zero attached hydrogens (tertiary/aromatic N) is 2. The van der Waals surface area contributed by atoms with Crippen molar-refractivity contribution in [3.63, 3.8) is 0 Å². The molecule has 0 aromatic carbocycles. The summed E-state index contributed by atoms with van der Waals surface area (Å²) < 4.78 is 6.82. The van der Waals surface area contributed by atoms with Crippen molar-refractivity contribution in [1.82, 2.24) is 9.78 Å². The number of carbonyl (C=O) groups excluding carboxylic acids is 2. The van der Waals surface area contributed by atoms with Gasteiger partial charge in [0, 0.05) is 29.8 Å².